The fourth-order valence-electron chi connectivity index (χ4n) is 0.788. The molecule has 3 heteroatoms. The topological polar surface area (TPSA) is 38.3 Å². The summed E-state index contributed by atoms with van der Waals surface area (Å²) in [5, 5.41) is 0. The lowest BCUT2D eigenvalue weighted by atomic mass is 10.3. The Morgan fingerprint density at radius 2 is 2.30 bits per heavy atom. The molecule has 0 spiro atoms. The largest absolute Gasteiger partial charge is 0.366 e. The molecule has 0 aliphatic carbocycles. The van der Waals surface area contributed by atoms with Gasteiger partial charge in [-0.2, -0.15) is 0 Å². The van der Waals surface area contributed by atoms with Crippen LogP contribution in [0, 0.1) is 6.92 Å². The predicted octanol–water partition coefficient (Wildman–Crippen LogP) is 0.856. The van der Waals surface area contributed by atoms with Gasteiger partial charge in [0.15, 0.2) is 0 Å². The molecule has 0 aromatic carbocycles. The second-order valence-corrected chi connectivity index (χ2v) is 2.40. The quantitative estimate of drug-likeness (QED) is 0.537. The minimum Gasteiger partial charge on any atom is -0.366 e. The second kappa shape index (κ2) is 2.02. The number of rotatable bonds is 1. The molecule has 1 aliphatic rings. The lowest BCUT2D eigenvalue weighted by molar-refractivity contribution is 0.410. The molecule has 1 fully saturated rings. The van der Waals surface area contributed by atoms with Crippen LogP contribution in [0.25, 0.3) is 0 Å². The maximum Gasteiger partial charge on any atom is 0.124 e. The molecule has 1 aliphatic heterocycles. The Bertz CT molecular complexity index is 228. The van der Waals surface area contributed by atoms with Gasteiger partial charge in [-0.3, -0.25) is 9.97 Å². The van der Waals surface area contributed by atoms with E-state index < -0.39 is 0 Å². The van der Waals surface area contributed by atoms with Crippen LogP contribution < -0.4 is 0 Å². The molecule has 0 amide bonds. The lowest BCUT2D eigenvalue weighted by Crippen LogP contribution is -1.89. The molecular weight excluding hydrogens is 128 g/mol. The molecule has 1 aromatic rings. The van der Waals surface area contributed by atoms with Gasteiger partial charge in [-0.25, -0.2) is 0 Å². The van der Waals surface area contributed by atoms with Crippen molar-refractivity contribution in [2.45, 2.75) is 13.0 Å². The molecule has 3 nitrogen and oxygen atoms in total. The van der Waals surface area contributed by atoms with Crippen LogP contribution in [0.3, 0.4) is 0 Å². The second-order valence-electron chi connectivity index (χ2n) is 2.40. The SMILES string of the molecule is Cc1cnc([C@@H]2CO2)cn1. The van der Waals surface area contributed by atoms with Gasteiger partial charge in [0.05, 0.1) is 24.2 Å². The fourth-order valence-corrected chi connectivity index (χ4v) is 0.788. The van der Waals surface area contributed by atoms with Gasteiger partial charge in [-0.15, -0.1) is 0 Å². The van der Waals surface area contributed by atoms with Gasteiger partial charge in [0.25, 0.3) is 0 Å². The van der Waals surface area contributed by atoms with E-state index in [1.54, 1.807) is 12.4 Å². The summed E-state index contributed by atoms with van der Waals surface area (Å²) in [6, 6.07) is 0. The van der Waals surface area contributed by atoms with Crippen molar-refractivity contribution in [3.63, 3.8) is 0 Å². The van der Waals surface area contributed by atoms with Crippen LogP contribution in [0.5, 0.6) is 0 Å². The van der Waals surface area contributed by atoms with Crippen molar-refractivity contribution < 1.29 is 4.74 Å². The van der Waals surface area contributed by atoms with Gasteiger partial charge in [0, 0.05) is 6.20 Å². The first kappa shape index (κ1) is 5.80. The molecule has 2 rings (SSSR count). The lowest BCUT2D eigenvalue weighted by Gasteiger charge is -1.92. The molecule has 10 heavy (non-hydrogen) atoms. The maximum atomic E-state index is 5.03. The highest BCUT2D eigenvalue weighted by Crippen LogP contribution is 2.26. The first-order valence-electron chi connectivity index (χ1n) is 3.26. The van der Waals surface area contributed by atoms with Crippen LogP contribution >= 0.6 is 0 Å². The predicted molar refractivity (Wildman–Crippen MR) is 35.5 cm³/mol. The highest BCUT2D eigenvalue weighted by molar-refractivity contribution is 5.07. The molecule has 1 atom stereocenters. The summed E-state index contributed by atoms with van der Waals surface area (Å²) in [4.78, 5) is 8.25. The van der Waals surface area contributed by atoms with Gasteiger partial charge in [0.2, 0.25) is 0 Å². The first-order chi connectivity index (χ1) is 4.86. The number of hydrogen-bond donors (Lipinski definition) is 0. The molecule has 0 unspecified atom stereocenters. The Balaban J connectivity index is 2.28. The van der Waals surface area contributed by atoms with Gasteiger partial charge in [0.1, 0.15) is 6.10 Å². The van der Waals surface area contributed by atoms with Gasteiger partial charge in [-0.05, 0) is 6.92 Å². The summed E-state index contributed by atoms with van der Waals surface area (Å²) in [5.74, 6) is 0. The Kier molecular flexibility index (Phi) is 1.17. The van der Waals surface area contributed by atoms with E-state index in [0.717, 1.165) is 18.0 Å². The smallest absolute Gasteiger partial charge is 0.124 e. The van der Waals surface area contributed by atoms with E-state index >= 15 is 0 Å². The standard InChI is InChI=1S/C7H8N2O/c1-5-2-9-6(3-8-5)7-4-10-7/h2-3,7H,4H2,1H3/t7-/m0/s1. The third kappa shape index (κ3) is 0.998. The highest BCUT2D eigenvalue weighted by Gasteiger charge is 2.26. The van der Waals surface area contributed by atoms with Crippen molar-refractivity contribution in [3.05, 3.63) is 23.8 Å². The Morgan fingerprint density at radius 3 is 2.80 bits per heavy atom. The first-order valence-corrected chi connectivity index (χ1v) is 3.26. The minimum atomic E-state index is 0.230. The molecule has 1 saturated heterocycles. The van der Waals surface area contributed by atoms with Crippen LogP contribution in [-0.2, 0) is 4.74 Å². The van der Waals surface area contributed by atoms with Crippen molar-refractivity contribution in [1.82, 2.24) is 9.97 Å². The fraction of sp³-hybridized carbons (Fsp3) is 0.429. The maximum absolute atomic E-state index is 5.03. The normalized spacial score (nSPS) is 22.7. The number of aryl methyl sites for hydroxylation is 1. The average Bonchev–Trinajstić information content (AvgIpc) is 2.71. The number of aromatic nitrogens is 2. The highest BCUT2D eigenvalue weighted by atomic mass is 16.6. The van der Waals surface area contributed by atoms with Crippen molar-refractivity contribution in [1.29, 1.82) is 0 Å². The Morgan fingerprint density at radius 1 is 1.50 bits per heavy atom. The average molecular weight is 136 g/mol. The van der Waals surface area contributed by atoms with Gasteiger partial charge >= 0.3 is 0 Å². The summed E-state index contributed by atoms with van der Waals surface area (Å²) in [7, 11) is 0. The molecule has 0 saturated carbocycles. The van der Waals surface area contributed by atoms with Crippen LogP contribution in [0.15, 0.2) is 12.4 Å². The van der Waals surface area contributed by atoms with Gasteiger partial charge in [-0.1, -0.05) is 0 Å². The number of hydrogen-bond acceptors (Lipinski definition) is 3. The zero-order valence-corrected chi connectivity index (χ0v) is 5.74. The molecule has 1 aromatic heterocycles. The monoisotopic (exact) mass is 136 g/mol. The van der Waals surface area contributed by atoms with E-state index in [2.05, 4.69) is 9.97 Å². The number of ether oxygens (including phenoxy) is 1. The van der Waals surface area contributed by atoms with Crippen molar-refractivity contribution >= 4 is 0 Å². The van der Waals surface area contributed by atoms with Crippen LogP contribution in [0.1, 0.15) is 17.5 Å². The molecule has 0 radical (unpaired) electrons. The summed E-state index contributed by atoms with van der Waals surface area (Å²) in [6.45, 7) is 2.72. The number of nitrogens with zero attached hydrogens (tertiary/aromatic N) is 2. The van der Waals surface area contributed by atoms with Crippen LogP contribution in [0.4, 0.5) is 0 Å². The molecule has 0 N–H and O–H groups in total. The molecule has 52 valence electrons. The zero-order valence-electron chi connectivity index (χ0n) is 5.74. The third-order valence-electron chi connectivity index (χ3n) is 1.46. The zero-order chi connectivity index (χ0) is 6.97. The minimum absolute atomic E-state index is 0.230. The summed E-state index contributed by atoms with van der Waals surface area (Å²) in [5.41, 5.74) is 1.90. The number of epoxide rings is 1. The van der Waals surface area contributed by atoms with E-state index in [9.17, 15) is 0 Å². The van der Waals surface area contributed by atoms with E-state index in [0.29, 0.717) is 0 Å². The Labute approximate surface area is 59.1 Å². The van der Waals surface area contributed by atoms with Crippen molar-refractivity contribution in [3.8, 4) is 0 Å². The molecule has 2 heterocycles. The molecular formula is C7H8N2O. The molecule has 0 bridgehead atoms. The van der Waals surface area contributed by atoms with E-state index in [-0.39, 0.29) is 6.10 Å². The Hall–Kier alpha value is -0.960. The summed E-state index contributed by atoms with van der Waals surface area (Å²) >= 11 is 0. The van der Waals surface area contributed by atoms with Crippen molar-refractivity contribution in [2.24, 2.45) is 0 Å². The van der Waals surface area contributed by atoms with Crippen molar-refractivity contribution in [2.75, 3.05) is 6.61 Å². The van der Waals surface area contributed by atoms with E-state index in [1.807, 2.05) is 6.92 Å². The van der Waals surface area contributed by atoms with Gasteiger partial charge < -0.3 is 4.74 Å². The van der Waals surface area contributed by atoms with Crippen LogP contribution in [0.2, 0.25) is 0 Å². The third-order valence-corrected chi connectivity index (χ3v) is 1.46. The van der Waals surface area contributed by atoms with E-state index in [1.165, 1.54) is 0 Å². The van der Waals surface area contributed by atoms with Crippen LogP contribution in [-0.4, -0.2) is 16.6 Å². The van der Waals surface area contributed by atoms with E-state index in [4.69, 9.17) is 4.74 Å². The summed E-state index contributed by atoms with van der Waals surface area (Å²) in [6.07, 6.45) is 3.76. The summed E-state index contributed by atoms with van der Waals surface area (Å²) < 4.78 is 5.03.